The SMILES string of the molecule is N#CC=c1cc2c(o1)=Cc1ccccc1-2. The Morgan fingerprint density at radius 2 is 2.07 bits per heavy atom. The van der Waals surface area contributed by atoms with Crippen LogP contribution in [-0.2, 0) is 0 Å². The molecule has 70 valence electrons. The highest BCUT2D eigenvalue weighted by Gasteiger charge is 2.13. The van der Waals surface area contributed by atoms with Crippen molar-refractivity contribution in [1.29, 1.82) is 5.26 Å². The lowest BCUT2D eigenvalue weighted by Crippen LogP contribution is -1.97. The van der Waals surface area contributed by atoms with E-state index in [1.54, 1.807) is 0 Å². The Kier molecular flexibility index (Phi) is 1.54. The fraction of sp³-hybridized carbons (Fsp3) is 0. The number of furan rings is 1. The largest absolute Gasteiger partial charge is 0.456 e. The first-order chi connectivity index (χ1) is 7.38. The molecule has 15 heavy (non-hydrogen) atoms. The zero-order chi connectivity index (χ0) is 10.3. The van der Waals surface area contributed by atoms with Crippen LogP contribution in [0.25, 0.3) is 23.3 Å². The van der Waals surface area contributed by atoms with Crippen LogP contribution in [0.15, 0.2) is 34.7 Å². The number of nitriles is 1. The van der Waals surface area contributed by atoms with Crippen molar-refractivity contribution in [2.75, 3.05) is 0 Å². The molecular formula is C13H7NO. The Balaban J connectivity index is 2.34. The van der Waals surface area contributed by atoms with E-state index in [1.165, 1.54) is 17.2 Å². The third kappa shape index (κ3) is 1.10. The molecule has 1 heterocycles. The van der Waals surface area contributed by atoms with Crippen LogP contribution in [0, 0.1) is 11.3 Å². The third-order valence-corrected chi connectivity index (χ3v) is 2.52. The van der Waals surface area contributed by atoms with E-state index >= 15 is 0 Å². The molecule has 1 aliphatic carbocycles. The van der Waals surface area contributed by atoms with Gasteiger partial charge in [-0.1, -0.05) is 24.3 Å². The quantitative estimate of drug-likeness (QED) is 0.541. The molecule has 0 N–H and O–H groups in total. The number of benzene rings is 1. The first-order valence-electron chi connectivity index (χ1n) is 4.69. The highest BCUT2D eigenvalue weighted by Crippen LogP contribution is 2.24. The van der Waals surface area contributed by atoms with Crippen LogP contribution < -0.4 is 10.8 Å². The van der Waals surface area contributed by atoms with Gasteiger partial charge in [0.05, 0.1) is 12.1 Å². The zero-order valence-corrected chi connectivity index (χ0v) is 7.90. The molecular weight excluding hydrogens is 186 g/mol. The van der Waals surface area contributed by atoms with Gasteiger partial charge in [-0.3, -0.25) is 0 Å². The van der Waals surface area contributed by atoms with Crippen LogP contribution in [0.5, 0.6) is 0 Å². The molecule has 0 saturated heterocycles. The molecule has 2 aromatic rings. The third-order valence-electron chi connectivity index (χ3n) is 2.52. The molecule has 1 aliphatic rings. The van der Waals surface area contributed by atoms with E-state index < -0.39 is 0 Å². The summed E-state index contributed by atoms with van der Waals surface area (Å²) in [5, 5.41) is 8.53. The number of hydrogen-bond acceptors (Lipinski definition) is 2. The predicted molar refractivity (Wildman–Crippen MR) is 57.0 cm³/mol. The molecule has 0 spiro atoms. The van der Waals surface area contributed by atoms with Gasteiger partial charge in [0.15, 0.2) is 0 Å². The predicted octanol–water partition coefficient (Wildman–Crippen LogP) is 1.39. The van der Waals surface area contributed by atoms with Gasteiger partial charge in [-0.15, -0.1) is 0 Å². The lowest BCUT2D eigenvalue weighted by atomic mass is 10.1. The molecule has 3 rings (SSSR count). The van der Waals surface area contributed by atoms with Crippen LogP contribution in [0.3, 0.4) is 0 Å². The summed E-state index contributed by atoms with van der Waals surface area (Å²) in [4.78, 5) is 0. The van der Waals surface area contributed by atoms with Crippen molar-refractivity contribution in [2.45, 2.75) is 0 Å². The highest BCUT2D eigenvalue weighted by atomic mass is 16.3. The maximum atomic E-state index is 8.53. The molecule has 0 bridgehead atoms. The van der Waals surface area contributed by atoms with Gasteiger partial charge in [-0.25, -0.2) is 0 Å². The van der Waals surface area contributed by atoms with E-state index in [-0.39, 0.29) is 0 Å². The second-order valence-corrected chi connectivity index (χ2v) is 3.43. The fourth-order valence-corrected chi connectivity index (χ4v) is 1.89. The van der Waals surface area contributed by atoms with Crippen molar-refractivity contribution in [3.8, 4) is 17.2 Å². The van der Waals surface area contributed by atoms with Crippen LogP contribution in [-0.4, -0.2) is 0 Å². The Bertz CT molecular complexity index is 686. The molecule has 0 amide bonds. The number of nitrogens with zero attached hydrogens (tertiary/aromatic N) is 1. The van der Waals surface area contributed by atoms with Crippen LogP contribution in [0.1, 0.15) is 5.56 Å². The topological polar surface area (TPSA) is 36.9 Å². The number of fused-ring (bicyclic) bond motifs is 3. The van der Waals surface area contributed by atoms with Crippen molar-refractivity contribution in [3.63, 3.8) is 0 Å². The minimum atomic E-state index is 0.619. The second-order valence-electron chi connectivity index (χ2n) is 3.43. The fourth-order valence-electron chi connectivity index (χ4n) is 1.89. The maximum absolute atomic E-state index is 8.53. The van der Waals surface area contributed by atoms with Gasteiger partial charge >= 0.3 is 0 Å². The first kappa shape index (κ1) is 8.07. The first-order valence-corrected chi connectivity index (χ1v) is 4.69. The summed E-state index contributed by atoms with van der Waals surface area (Å²) >= 11 is 0. The van der Waals surface area contributed by atoms with Crippen molar-refractivity contribution in [3.05, 3.63) is 46.7 Å². The molecule has 0 radical (unpaired) electrons. The maximum Gasteiger partial charge on any atom is 0.138 e. The van der Waals surface area contributed by atoms with Gasteiger partial charge in [-0.05, 0) is 23.3 Å². The molecule has 0 saturated carbocycles. The average Bonchev–Trinajstić information content (AvgIpc) is 2.75. The second kappa shape index (κ2) is 2.86. The summed E-state index contributed by atoms with van der Waals surface area (Å²) in [6.45, 7) is 0. The van der Waals surface area contributed by atoms with Gasteiger partial charge in [-0.2, -0.15) is 5.26 Å². The van der Waals surface area contributed by atoms with Gasteiger partial charge in [0.25, 0.3) is 0 Å². The molecule has 0 atom stereocenters. The van der Waals surface area contributed by atoms with E-state index in [9.17, 15) is 0 Å². The van der Waals surface area contributed by atoms with E-state index in [2.05, 4.69) is 12.1 Å². The molecule has 1 aromatic carbocycles. The number of hydrogen-bond donors (Lipinski definition) is 0. The van der Waals surface area contributed by atoms with Crippen molar-refractivity contribution < 1.29 is 4.42 Å². The summed E-state index contributed by atoms with van der Waals surface area (Å²) in [5.74, 6) is 0. The van der Waals surface area contributed by atoms with Gasteiger partial charge in [0.1, 0.15) is 10.8 Å². The van der Waals surface area contributed by atoms with Crippen molar-refractivity contribution in [1.82, 2.24) is 0 Å². The molecule has 2 heteroatoms. The Morgan fingerprint density at radius 3 is 2.93 bits per heavy atom. The zero-order valence-electron chi connectivity index (χ0n) is 7.90. The minimum absolute atomic E-state index is 0.619. The van der Waals surface area contributed by atoms with Gasteiger partial charge < -0.3 is 4.42 Å². The molecule has 0 fully saturated rings. The Morgan fingerprint density at radius 1 is 1.20 bits per heavy atom. The molecule has 1 aromatic heterocycles. The lowest BCUT2D eigenvalue weighted by Gasteiger charge is -1.95. The molecule has 0 unspecified atom stereocenters. The molecule has 0 aliphatic heterocycles. The van der Waals surface area contributed by atoms with Crippen molar-refractivity contribution >= 4 is 12.2 Å². The van der Waals surface area contributed by atoms with Crippen LogP contribution >= 0.6 is 0 Å². The van der Waals surface area contributed by atoms with Crippen LogP contribution in [0.2, 0.25) is 0 Å². The van der Waals surface area contributed by atoms with E-state index in [1.807, 2.05) is 30.3 Å². The summed E-state index contributed by atoms with van der Waals surface area (Å²) in [6, 6.07) is 12.0. The number of rotatable bonds is 0. The standard InChI is InChI=1S/C13H7NO/c14-6-5-10-8-12-11-4-2-1-3-9(11)7-13(12)15-10/h1-5,7-8H. The van der Waals surface area contributed by atoms with Gasteiger partial charge in [0, 0.05) is 5.56 Å². The summed E-state index contributed by atoms with van der Waals surface area (Å²) < 4.78 is 5.52. The Labute approximate surface area is 86.4 Å². The summed E-state index contributed by atoms with van der Waals surface area (Å²) in [6.07, 6.45) is 3.41. The monoisotopic (exact) mass is 193 g/mol. The van der Waals surface area contributed by atoms with Gasteiger partial charge in [0.2, 0.25) is 0 Å². The average molecular weight is 193 g/mol. The highest BCUT2D eigenvalue weighted by molar-refractivity contribution is 5.81. The van der Waals surface area contributed by atoms with E-state index in [0.29, 0.717) is 5.42 Å². The lowest BCUT2D eigenvalue weighted by molar-refractivity contribution is 0.504. The van der Waals surface area contributed by atoms with E-state index in [0.717, 1.165) is 11.0 Å². The summed E-state index contributed by atoms with van der Waals surface area (Å²) in [7, 11) is 0. The smallest absolute Gasteiger partial charge is 0.138 e. The molecule has 2 nitrogen and oxygen atoms in total. The summed E-state index contributed by atoms with van der Waals surface area (Å²) in [5.41, 5.74) is 4.89. The van der Waals surface area contributed by atoms with Crippen LogP contribution in [0.4, 0.5) is 0 Å². The van der Waals surface area contributed by atoms with Crippen molar-refractivity contribution in [2.24, 2.45) is 0 Å². The normalized spacial score (nSPS) is 12.9. The minimum Gasteiger partial charge on any atom is -0.456 e. The Hall–Kier alpha value is -2.27. The van der Waals surface area contributed by atoms with E-state index in [4.69, 9.17) is 9.68 Å².